The van der Waals surface area contributed by atoms with E-state index in [1.807, 2.05) is 36.4 Å². The highest BCUT2D eigenvalue weighted by atomic mass is 16.3. The summed E-state index contributed by atoms with van der Waals surface area (Å²) in [5.41, 5.74) is 1.81. The van der Waals surface area contributed by atoms with Gasteiger partial charge in [-0.1, -0.05) is 36.4 Å². The maximum atomic E-state index is 11.1. The Labute approximate surface area is 65.3 Å². The van der Waals surface area contributed by atoms with Crippen LogP contribution in [0.15, 0.2) is 42.5 Å². The van der Waals surface area contributed by atoms with Crippen molar-refractivity contribution < 1.29 is 5.11 Å². The van der Waals surface area contributed by atoms with Gasteiger partial charge in [-0.2, -0.15) is 0 Å². The first-order valence-corrected chi connectivity index (χ1v) is 3.53. The van der Waals surface area contributed by atoms with E-state index < -0.39 is 0 Å². The minimum absolute atomic E-state index is 0.108. The molecule has 0 saturated heterocycles. The molecule has 1 nitrogen and oxygen atoms in total. The van der Waals surface area contributed by atoms with Crippen LogP contribution in [0.4, 0.5) is 0 Å². The van der Waals surface area contributed by atoms with Crippen molar-refractivity contribution in [3.63, 3.8) is 0 Å². The number of rotatable bonds is 0. The summed E-state index contributed by atoms with van der Waals surface area (Å²) in [4.78, 5) is 0. The van der Waals surface area contributed by atoms with Crippen molar-refractivity contribution in [1.29, 1.82) is 0 Å². The van der Waals surface area contributed by atoms with E-state index in [1.165, 1.54) is 0 Å². The van der Waals surface area contributed by atoms with Crippen LogP contribution in [0.1, 0.15) is 0 Å². The molecule has 1 heteroatoms. The van der Waals surface area contributed by atoms with E-state index in [2.05, 4.69) is 0 Å². The van der Waals surface area contributed by atoms with Crippen LogP contribution in [0.25, 0.3) is 11.1 Å². The molecule has 0 aliphatic heterocycles. The maximum absolute atomic E-state index is 11.1. The van der Waals surface area contributed by atoms with E-state index in [1.54, 1.807) is 6.07 Å². The third-order valence-corrected chi connectivity index (χ3v) is 1.75. The van der Waals surface area contributed by atoms with E-state index in [9.17, 15) is 5.11 Å². The Balaban J connectivity index is 2.75. The highest BCUT2D eigenvalue weighted by molar-refractivity contribution is 5.72. The van der Waals surface area contributed by atoms with Crippen LogP contribution in [0.3, 0.4) is 0 Å². The Kier molecular flexibility index (Phi) is 1.29. The Morgan fingerprint density at radius 1 is 0.818 bits per heavy atom. The lowest BCUT2D eigenvalue weighted by molar-refractivity contribution is 0.358. The van der Waals surface area contributed by atoms with E-state index in [-0.39, 0.29) is 5.75 Å². The van der Waals surface area contributed by atoms with Gasteiger partial charge in [0, 0.05) is 5.56 Å². The summed E-state index contributed by atoms with van der Waals surface area (Å²) in [6.45, 7) is 0. The molecule has 0 fully saturated rings. The van der Waals surface area contributed by atoms with Gasteiger partial charge in [-0.05, 0) is 11.6 Å². The standard InChI is InChI=1S/C10H7O/c11-10-7-6-8-4-2-1-3-5-9(8)10/h1-7H. The lowest BCUT2D eigenvalue weighted by atomic mass is 10.2. The van der Waals surface area contributed by atoms with Gasteiger partial charge in [0.25, 0.3) is 0 Å². The van der Waals surface area contributed by atoms with E-state index in [4.69, 9.17) is 0 Å². The van der Waals surface area contributed by atoms with Gasteiger partial charge in [0.2, 0.25) is 0 Å². The van der Waals surface area contributed by atoms with Crippen LogP contribution < -0.4 is 0 Å². The van der Waals surface area contributed by atoms with Gasteiger partial charge >= 0.3 is 0 Å². The van der Waals surface area contributed by atoms with Crippen molar-refractivity contribution in [3.8, 4) is 16.9 Å². The van der Waals surface area contributed by atoms with Gasteiger partial charge < -0.3 is 0 Å². The van der Waals surface area contributed by atoms with Crippen molar-refractivity contribution in [2.24, 2.45) is 0 Å². The van der Waals surface area contributed by atoms with Gasteiger partial charge in [-0.15, -0.1) is 0 Å². The van der Waals surface area contributed by atoms with Crippen molar-refractivity contribution >= 4 is 0 Å². The summed E-state index contributed by atoms with van der Waals surface area (Å²) in [6, 6.07) is 13.0. The monoisotopic (exact) mass is 143 g/mol. The minimum Gasteiger partial charge on any atom is -0.289 e. The topological polar surface area (TPSA) is 19.9 Å². The first-order chi connectivity index (χ1) is 5.38. The molecule has 53 valence electrons. The number of hydrogen-bond acceptors (Lipinski definition) is 0. The predicted molar refractivity (Wildman–Crippen MR) is 43.2 cm³/mol. The van der Waals surface area contributed by atoms with Gasteiger partial charge in [-0.3, -0.25) is 5.11 Å². The van der Waals surface area contributed by atoms with Gasteiger partial charge in [0.05, 0.1) is 0 Å². The largest absolute Gasteiger partial charge is 0.289 e. The van der Waals surface area contributed by atoms with Crippen molar-refractivity contribution in [2.45, 2.75) is 0 Å². The molecule has 0 N–H and O–H groups in total. The highest BCUT2D eigenvalue weighted by Crippen LogP contribution is 2.31. The number of fused-ring (bicyclic) bond motifs is 1. The fraction of sp³-hybridized carbons (Fsp3) is 0. The van der Waals surface area contributed by atoms with Crippen LogP contribution in [-0.2, 0) is 5.11 Å². The molecule has 11 heavy (non-hydrogen) atoms. The summed E-state index contributed by atoms with van der Waals surface area (Å²) < 4.78 is 0. The second-order valence-electron chi connectivity index (χ2n) is 2.48. The van der Waals surface area contributed by atoms with Crippen LogP contribution in [-0.4, -0.2) is 0 Å². The van der Waals surface area contributed by atoms with E-state index >= 15 is 0 Å². The fourth-order valence-electron chi connectivity index (χ4n) is 1.19. The normalized spacial score (nSPS) is 10.2. The quantitative estimate of drug-likeness (QED) is 0.540. The molecule has 0 saturated carbocycles. The number of hydrogen-bond donors (Lipinski definition) is 0. The van der Waals surface area contributed by atoms with Crippen molar-refractivity contribution in [3.05, 3.63) is 42.5 Å². The molecule has 2 aliphatic carbocycles. The molecule has 0 heterocycles. The summed E-state index contributed by atoms with van der Waals surface area (Å²) >= 11 is 0. The van der Waals surface area contributed by atoms with Crippen LogP contribution in [0, 0.1) is 0 Å². The molecule has 0 aromatic heterocycles. The third kappa shape index (κ3) is 0.944. The Hall–Kier alpha value is -1.50. The lowest BCUT2D eigenvalue weighted by Gasteiger charge is -1.87. The Bertz CT molecular complexity index is 341. The average Bonchev–Trinajstić information content (AvgIpc) is 2.25. The van der Waals surface area contributed by atoms with E-state index in [0.29, 0.717) is 0 Å². The third-order valence-electron chi connectivity index (χ3n) is 1.75. The molecule has 0 bridgehead atoms. The molecule has 0 amide bonds. The molecule has 0 unspecified atom stereocenters. The molecule has 2 rings (SSSR count). The summed E-state index contributed by atoms with van der Waals surface area (Å²) in [6.07, 6.45) is 0. The SMILES string of the molecule is [O]c1ccc2cccccc1-2. The average molecular weight is 143 g/mol. The van der Waals surface area contributed by atoms with E-state index in [0.717, 1.165) is 11.1 Å². The second-order valence-corrected chi connectivity index (χ2v) is 2.48. The van der Waals surface area contributed by atoms with Crippen LogP contribution in [0.5, 0.6) is 5.75 Å². The fourth-order valence-corrected chi connectivity index (χ4v) is 1.19. The summed E-state index contributed by atoms with van der Waals surface area (Å²) in [5.74, 6) is 0.108. The molecular weight excluding hydrogens is 136 g/mol. The molecule has 2 aliphatic rings. The zero-order valence-electron chi connectivity index (χ0n) is 5.95. The van der Waals surface area contributed by atoms with Crippen LogP contribution in [0.2, 0.25) is 0 Å². The molecule has 0 aromatic carbocycles. The van der Waals surface area contributed by atoms with Gasteiger partial charge in [0.15, 0.2) is 5.75 Å². The highest BCUT2D eigenvalue weighted by Gasteiger charge is 2.05. The molecule has 0 aromatic rings. The summed E-state index contributed by atoms with van der Waals surface area (Å²) in [5, 5.41) is 11.1. The molecule has 0 spiro atoms. The molecule has 1 radical (unpaired) electrons. The maximum Gasteiger partial charge on any atom is 0.186 e. The molecule has 0 atom stereocenters. The van der Waals surface area contributed by atoms with Gasteiger partial charge in [0.1, 0.15) is 0 Å². The Morgan fingerprint density at radius 2 is 1.64 bits per heavy atom. The van der Waals surface area contributed by atoms with Crippen molar-refractivity contribution in [1.82, 2.24) is 0 Å². The zero-order chi connectivity index (χ0) is 7.68. The summed E-state index contributed by atoms with van der Waals surface area (Å²) in [7, 11) is 0. The lowest BCUT2D eigenvalue weighted by Crippen LogP contribution is -1.62. The second kappa shape index (κ2) is 2.27. The first kappa shape index (κ1) is 6.23. The van der Waals surface area contributed by atoms with Crippen LogP contribution >= 0.6 is 0 Å². The Morgan fingerprint density at radius 3 is 2.55 bits per heavy atom. The first-order valence-electron chi connectivity index (χ1n) is 3.53. The molecular formula is C10H7O. The van der Waals surface area contributed by atoms with Crippen molar-refractivity contribution in [2.75, 3.05) is 0 Å². The van der Waals surface area contributed by atoms with Gasteiger partial charge in [-0.25, -0.2) is 0 Å². The predicted octanol–water partition coefficient (Wildman–Crippen LogP) is 2.94. The zero-order valence-corrected chi connectivity index (χ0v) is 5.95. The smallest absolute Gasteiger partial charge is 0.186 e. The minimum atomic E-state index is 0.108.